The van der Waals surface area contributed by atoms with E-state index in [0.717, 1.165) is 11.6 Å². The van der Waals surface area contributed by atoms with Crippen molar-refractivity contribution < 1.29 is 13.9 Å². The van der Waals surface area contributed by atoms with Crippen molar-refractivity contribution in [2.24, 2.45) is 0 Å². The van der Waals surface area contributed by atoms with Crippen LogP contribution in [0, 0.1) is 0 Å². The van der Waals surface area contributed by atoms with Gasteiger partial charge in [-0.1, -0.05) is 91.8 Å². The fourth-order valence-electron chi connectivity index (χ4n) is 10.3. The molecule has 1 unspecified atom stereocenters. The largest absolute Gasteiger partial charge is 0.404 e. The highest BCUT2D eigenvalue weighted by Crippen LogP contribution is 2.65. The predicted octanol–water partition coefficient (Wildman–Crippen LogP) is 10.1. The van der Waals surface area contributed by atoms with E-state index in [0.29, 0.717) is 0 Å². The van der Waals surface area contributed by atoms with Gasteiger partial charge in [0, 0.05) is 28.3 Å². The van der Waals surface area contributed by atoms with Crippen molar-refractivity contribution in [3.05, 3.63) is 130 Å². The number of ether oxygens (including phenoxy) is 1. The fraction of sp³-hybridized carbons (Fsp3) is 0.261. The molecule has 0 bridgehead atoms. The van der Waals surface area contributed by atoms with Crippen LogP contribution in [-0.4, -0.2) is 4.57 Å². The number of hydrogen-bond acceptors (Lipinski definition) is 2. The van der Waals surface area contributed by atoms with E-state index in [1.165, 1.54) is 89.5 Å². The van der Waals surface area contributed by atoms with E-state index in [1.54, 1.807) is 0 Å². The van der Waals surface area contributed by atoms with E-state index in [4.69, 9.17) is 4.74 Å². The summed E-state index contributed by atoms with van der Waals surface area (Å²) in [5, 5.41) is 2.60. The van der Waals surface area contributed by atoms with E-state index < -0.39 is 5.66 Å². The van der Waals surface area contributed by atoms with Crippen molar-refractivity contribution >= 4 is 38.9 Å². The van der Waals surface area contributed by atoms with Gasteiger partial charge in [0.05, 0.1) is 23.1 Å². The average Bonchev–Trinajstić information content (AvgIpc) is 3.58. The number of aromatic nitrogens is 3. The molecule has 4 aromatic carbocycles. The van der Waals surface area contributed by atoms with Crippen LogP contribution in [0.15, 0.2) is 97.1 Å². The third kappa shape index (κ3) is 2.91. The lowest BCUT2D eigenvalue weighted by Crippen LogP contribution is -2.75. The van der Waals surface area contributed by atoms with Gasteiger partial charge >= 0.3 is 11.5 Å². The van der Waals surface area contributed by atoms with Crippen molar-refractivity contribution in [2.45, 2.75) is 77.3 Å². The number of hydrogen-bond donors (Lipinski definition) is 0. The zero-order chi connectivity index (χ0) is 34.7. The summed E-state index contributed by atoms with van der Waals surface area (Å²) in [6, 6.07) is 37.0. The minimum absolute atomic E-state index is 0.0633. The molecule has 1 atom stereocenters. The lowest BCUT2D eigenvalue weighted by molar-refractivity contribution is -0.938. The average molecular weight is 665 g/mol. The Kier molecular flexibility index (Phi) is 4.55. The molecule has 0 fully saturated rings. The number of pyridine rings is 2. The Balaban J connectivity index is 1.42. The standard InChI is InChI=1S/C46H40N4O/c1-43(2,3)25-20-34-35-21-26(44(4,5)6)23-38-50(35)46-39-33(18-13-19-36(39)51-38)47-32-17-12-10-15-29(32)45(7,8)30-24-28-27-14-9-11-16-31(27)48(37(22-25)49(34)46)41(28)40(46)42(30)47/h9-24H,1-8H3/q+2. The van der Waals surface area contributed by atoms with Gasteiger partial charge in [-0.25, -0.2) is 0 Å². The lowest BCUT2D eigenvalue weighted by atomic mass is 9.68. The van der Waals surface area contributed by atoms with E-state index in [2.05, 4.69) is 171 Å². The number of fused-ring (bicyclic) bond motifs is 8. The molecule has 7 aromatic rings. The molecule has 0 N–H and O–H groups in total. The summed E-state index contributed by atoms with van der Waals surface area (Å²) in [6.07, 6.45) is 0. The summed E-state index contributed by atoms with van der Waals surface area (Å²) < 4.78 is 15.0. The van der Waals surface area contributed by atoms with Crippen LogP contribution in [0.25, 0.3) is 39.0 Å². The summed E-state index contributed by atoms with van der Waals surface area (Å²) in [4.78, 5) is 2.57. The molecule has 51 heavy (non-hydrogen) atoms. The van der Waals surface area contributed by atoms with Gasteiger partial charge < -0.3 is 9.64 Å². The highest BCUT2D eigenvalue weighted by Gasteiger charge is 2.73. The zero-order valence-corrected chi connectivity index (χ0v) is 30.4. The van der Waals surface area contributed by atoms with E-state index in [1.807, 2.05) is 0 Å². The van der Waals surface area contributed by atoms with Crippen LogP contribution < -0.4 is 18.8 Å². The van der Waals surface area contributed by atoms with Gasteiger partial charge in [0.25, 0.3) is 11.5 Å². The van der Waals surface area contributed by atoms with Crippen molar-refractivity contribution in [3.63, 3.8) is 0 Å². The molecule has 0 radical (unpaired) electrons. The summed E-state index contributed by atoms with van der Waals surface area (Å²) in [5.74, 6) is 3.02. The second-order valence-corrected chi connectivity index (χ2v) is 17.9. The topological polar surface area (TPSA) is 25.2 Å². The molecule has 248 valence electrons. The highest BCUT2D eigenvalue weighted by atomic mass is 16.5. The first-order valence-electron chi connectivity index (χ1n) is 18.4. The van der Waals surface area contributed by atoms with Crippen molar-refractivity contribution in [3.8, 4) is 28.8 Å². The first kappa shape index (κ1) is 28.3. The highest BCUT2D eigenvalue weighted by molar-refractivity contribution is 6.14. The van der Waals surface area contributed by atoms with Crippen LogP contribution in [0.4, 0.5) is 17.1 Å². The smallest absolute Gasteiger partial charge is 0.378 e. The van der Waals surface area contributed by atoms with Gasteiger partial charge in [-0.3, -0.25) is 0 Å². The minimum Gasteiger partial charge on any atom is -0.404 e. The molecule has 5 aliphatic rings. The van der Waals surface area contributed by atoms with Gasteiger partial charge in [-0.2, -0.15) is 4.57 Å². The molecule has 1 spiro atoms. The van der Waals surface area contributed by atoms with E-state index in [9.17, 15) is 0 Å². The first-order valence-corrected chi connectivity index (χ1v) is 18.4. The second-order valence-electron chi connectivity index (χ2n) is 17.9. The van der Waals surface area contributed by atoms with E-state index >= 15 is 0 Å². The summed E-state index contributed by atoms with van der Waals surface area (Å²) >= 11 is 0. The Bertz CT molecular complexity index is 2840. The monoisotopic (exact) mass is 664 g/mol. The van der Waals surface area contributed by atoms with Crippen LogP contribution in [-0.2, 0) is 21.9 Å². The molecule has 5 nitrogen and oxygen atoms in total. The maximum absolute atomic E-state index is 7.16. The van der Waals surface area contributed by atoms with Gasteiger partial charge in [0.1, 0.15) is 16.6 Å². The third-order valence-electron chi connectivity index (χ3n) is 12.8. The Morgan fingerprint density at radius 1 is 0.627 bits per heavy atom. The minimum atomic E-state index is -0.695. The second kappa shape index (κ2) is 8.21. The van der Waals surface area contributed by atoms with Crippen LogP contribution >= 0.6 is 0 Å². The SMILES string of the molecule is CC(C)(C)c1cc2[n+]3c(c1)-c1cc(C(C)(C)C)cc4[n+]1C31c3c(cccc3N3c5ccccc5C(C)(C)c5cc6c7ccccc7n-4c6c1c53)O2. The van der Waals surface area contributed by atoms with Crippen molar-refractivity contribution in [1.82, 2.24) is 4.57 Å². The molecule has 0 aliphatic carbocycles. The molecule has 0 saturated heterocycles. The summed E-state index contributed by atoms with van der Waals surface area (Å²) in [7, 11) is 0. The van der Waals surface area contributed by atoms with Crippen LogP contribution in [0.1, 0.15) is 88.8 Å². The molecular formula is C46H40N4O+2. The summed E-state index contributed by atoms with van der Waals surface area (Å²) in [5.41, 5.74) is 15.5. The Hall–Kier alpha value is -5.42. The maximum atomic E-state index is 7.16. The number of para-hydroxylation sites is 2. The molecule has 3 aromatic heterocycles. The van der Waals surface area contributed by atoms with Crippen LogP contribution in [0.3, 0.4) is 0 Å². The molecule has 12 rings (SSSR count). The quantitative estimate of drug-likeness (QED) is 0.151. The van der Waals surface area contributed by atoms with Gasteiger partial charge in [0.2, 0.25) is 5.69 Å². The van der Waals surface area contributed by atoms with Gasteiger partial charge in [0.15, 0.2) is 11.3 Å². The third-order valence-corrected chi connectivity index (χ3v) is 12.8. The molecule has 5 aliphatic heterocycles. The zero-order valence-electron chi connectivity index (χ0n) is 30.4. The predicted molar refractivity (Wildman–Crippen MR) is 202 cm³/mol. The molecule has 8 heterocycles. The Morgan fingerprint density at radius 2 is 1.31 bits per heavy atom. The lowest BCUT2D eigenvalue weighted by Gasteiger charge is -2.48. The molecule has 0 amide bonds. The fourth-order valence-corrected chi connectivity index (χ4v) is 10.3. The number of benzene rings is 4. The number of anilines is 3. The Labute approximate surface area is 298 Å². The molecule has 0 saturated carbocycles. The summed E-state index contributed by atoms with van der Waals surface area (Å²) in [6.45, 7) is 18.8. The molecule has 5 heteroatoms. The van der Waals surface area contributed by atoms with E-state index in [-0.39, 0.29) is 16.2 Å². The van der Waals surface area contributed by atoms with Gasteiger partial charge in [-0.05, 0) is 75.5 Å². The van der Waals surface area contributed by atoms with Gasteiger partial charge in [-0.15, -0.1) is 9.13 Å². The normalized spacial score (nSPS) is 18.9. The maximum Gasteiger partial charge on any atom is 0.378 e. The van der Waals surface area contributed by atoms with Crippen LogP contribution in [0.2, 0.25) is 0 Å². The number of nitrogens with zero attached hydrogens (tertiary/aromatic N) is 4. The van der Waals surface area contributed by atoms with Crippen molar-refractivity contribution in [1.29, 1.82) is 0 Å². The van der Waals surface area contributed by atoms with Crippen LogP contribution in [0.5, 0.6) is 11.6 Å². The van der Waals surface area contributed by atoms with Crippen molar-refractivity contribution in [2.75, 3.05) is 4.90 Å². The molecular weight excluding hydrogens is 625 g/mol. The number of rotatable bonds is 0. The first-order chi connectivity index (χ1) is 24.3. The Morgan fingerprint density at radius 3 is 2.10 bits per heavy atom.